The molecule has 0 spiro atoms. The molecule has 1 saturated heterocycles. The first-order chi connectivity index (χ1) is 15.1. The number of nitro groups is 1. The molecule has 170 valence electrons. The maximum Gasteiger partial charge on any atom is 0.272 e. The molecule has 1 fully saturated rings. The number of carbonyl (C=O) groups is 2. The highest BCUT2D eigenvalue weighted by atomic mass is 16.6. The minimum absolute atomic E-state index is 0.00780. The zero-order valence-electron chi connectivity index (χ0n) is 19.3. The van der Waals surface area contributed by atoms with E-state index >= 15 is 0 Å². The Morgan fingerprint density at radius 3 is 2.50 bits per heavy atom. The molecule has 7 nitrogen and oxygen atoms in total. The summed E-state index contributed by atoms with van der Waals surface area (Å²) in [5, 5.41) is 15.0. The van der Waals surface area contributed by atoms with Crippen LogP contribution in [0, 0.1) is 22.5 Å². The quantitative estimate of drug-likeness (QED) is 0.554. The number of hydrogen-bond acceptors (Lipinski definition) is 5. The summed E-state index contributed by atoms with van der Waals surface area (Å²) < 4.78 is 0. The van der Waals surface area contributed by atoms with Gasteiger partial charge in [-0.2, -0.15) is 0 Å². The third-order valence-electron chi connectivity index (χ3n) is 6.88. The number of ketones is 1. The Bertz CT molecular complexity index is 1060. The maximum atomic E-state index is 13.7. The number of carbonyl (C=O) groups excluding carboxylic acids is 2. The van der Waals surface area contributed by atoms with Crippen LogP contribution in [-0.2, 0) is 9.59 Å². The van der Waals surface area contributed by atoms with E-state index in [0.717, 1.165) is 30.7 Å². The molecule has 1 aromatic rings. The first-order valence-corrected chi connectivity index (χ1v) is 11.4. The summed E-state index contributed by atoms with van der Waals surface area (Å²) in [5.74, 6) is -0.663. The van der Waals surface area contributed by atoms with Gasteiger partial charge in [-0.25, -0.2) is 0 Å². The van der Waals surface area contributed by atoms with Crippen molar-refractivity contribution in [2.45, 2.75) is 65.7 Å². The standard InChI is InChI=1S/C25H31N3O4/c1-15-8-9-17(12-19(15)28(31)32)22-21(24(30)27-10-6-5-7-11-27)16(2)26-18-13-25(3,4)14-20(29)23(18)22/h8-9,12,22,26H,5-7,10-11,13-14H2,1-4H3/t22-/m1/s1. The third kappa shape index (κ3) is 3.96. The lowest BCUT2D eigenvalue weighted by atomic mass is 9.68. The summed E-state index contributed by atoms with van der Waals surface area (Å²) in [6, 6.07) is 5.08. The first-order valence-electron chi connectivity index (χ1n) is 11.4. The lowest BCUT2D eigenvalue weighted by molar-refractivity contribution is -0.385. The lowest BCUT2D eigenvalue weighted by Crippen LogP contribution is -2.43. The van der Waals surface area contributed by atoms with Crippen LogP contribution in [-0.4, -0.2) is 34.6 Å². The number of nitrogens with one attached hydrogen (secondary N) is 1. The lowest BCUT2D eigenvalue weighted by Gasteiger charge is -2.41. The average Bonchev–Trinajstić information content (AvgIpc) is 2.72. The van der Waals surface area contributed by atoms with E-state index in [9.17, 15) is 19.7 Å². The van der Waals surface area contributed by atoms with Crippen molar-refractivity contribution in [2.24, 2.45) is 5.41 Å². The molecule has 0 saturated carbocycles. The highest BCUT2D eigenvalue weighted by Crippen LogP contribution is 2.47. The van der Waals surface area contributed by atoms with Crippen molar-refractivity contribution >= 4 is 17.4 Å². The number of nitro benzene ring substituents is 1. The molecule has 2 aliphatic heterocycles. The number of hydrogen-bond donors (Lipinski definition) is 1. The van der Waals surface area contributed by atoms with Crippen LogP contribution in [0.3, 0.4) is 0 Å². The van der Waals surface area contributed by atoms with Crippen LogP contribution >= 0.6 is 0 Å². The summed E-state index contributed by atoms with van der Waals surface area (Å²) >= 11 is 0. The van der Waals surface area contributed by atoms with Crippen molar-refractivity contribution in [1.82, 2.24) is 10.2 Å². The van der Waals surface area contributed by atoms with Gasteiger partial charge in [0.15, 0.2) is 5.78 Å². The van der Waals surface area contributed by atoms with Crippen LogP contribution < -0.4 is 5.32 Å². The van der Waals surface area contributed by atoms with Gasteiger partial charge in [0, 0.05) is 59.6 Å². The first kappa shape index (κ1) is 22.2. The Morgan fingerprint density at radius 2 is 1.84 bits per heavy atom. The van der Waals surface area contributed by atoms with Crippen molar-refractivity contribution in [3.8, 4) is 0 Å². The van der Waals surface area contributed by atoms with E-state index < -0.39 is 10.8 Å². The fraction of sp³-hybridized carbons (Fsp3) is 0.520. The van der Waals surface area contributed by atoms with Gasteiger partial charge in [0.1, 0.15) is 0 Å². The molecular weight excluding hydrogens is 406 g/mol. The van der Waals surface area contributed by atoms with E-state index in [-0.39, 0.29) is 22.8 Å². The second-order valence-corrected chi connectivity index (χ2v) is 10.1. The summed E-state index contributed by atoms with van der Waals surface area (Å²) in [6.07, 6.45) is 4.13. The van der Waals surface area contributed by atoms with E-state index in [4.69, 9.17) is 0 Å². The van der Waals surface area contributed by atoms with Gasteiger partial charge < -0.3 is 10.2 Å². The average molecular weight is 438 g/mol. The van der Waals surface area contributed by atoms with Crippen LogP contribution in [0.5, 0.6) is 0 Å². The molecule has 0 bridgehead atoms. The smallest absolute Gasteiger partial charge is 0.272 e. The highest BCUT2D eigenvalue weighted by Gasteiger charge is 2.43. The number of nitrogens with zero attached hydrogens (tertiary/aromatic N) is 2. The van der Waals surface area contributed by atoms with E-state index in [2.05, 4.69) is 19.2 Å². The normalized spacial score (nSPS) is 23.1. The van der Waals surface area contributed by atoms with Gasteiger partial charge in [-0.05, 0) is 50.5 Å². The predicted octanol–water partition coefficient (Wildman–Crippen LogP) is 4.52. The van der Waals surface area contributed by atoms with Gasteiger partial charge in [-0.15, -0.1) is 0 Å². The number of Topliss-reactive ketones (excluding diaryl/α,β-unsaturated/α-hetero) is 1. The summed E-state index contributed by atoms with van der Waals surface area (Å²) in [7, 11) is 0. The van der Waals surface area contributed by atoms with Gasteiger partial charge in [0.2, 0.25) is 0 Å². The van der Waals surface area contributed by atoms with E-state index in [1.807, 2.05) is 17.9 Å². The second kappa shape index (κ2) is 8.19. The second-order valence-electron chi connectivity index (χ2n) is 10.1. The van der Waals surface area contributed by atoms with Crippen LogP contribution in [0.4, 0.5) is 5.69 Å². The van der Waals surface area contributed by atoms with Crippen molar-refractivity contribution in [3.63, 3.8) is 0 Å². The molecule has 0 aromatic heterocycles. The number of aryl methyl sites for hydroxylation is 1. The molecule has 4 rings (SSSR count). The molecule has 1 aliphatic carbocycles. The molecule has 0 unspecified atom stereocenters. The number of likely N-dealkylation sites (tertiary alicyclic amines) is 1. The Kier molecular flexibility index (Phi) is 5.69. The molecule has 0 radical (unpaired) electrons. The van der Waals surface area contributed by atoms with Crippen molar-refractivity contribution in [1.29, 1.82) is 0 Å². The van der Waals surface area contributed by atoms with E-state index in [1.54, 1.807) is 19.1 Å². The van der Waals surface area contributed by atoms with Crippen LogP contribution in [0.1, 0.15) is 69.9 Å². The number of piperidine rings is 1. The zero-order valence-corrected chi connectivity index (χ0v) is 19.3. The summed E-state index contributed by atoms with van der Waals surface area (Å²) in [4.78, 5) is 40.2. The molecule has 3 aliphatic rings. The van der Waals surface area contributed by atoms with Gasteiger partial charge >= 0.3 is 0 Å². The molecule has 7 heteroatoms. The number of allylic oxidation sites excluding steroid dienone is 3. The fourth-order valence-corrected chi connectivity index (χ4v) is 5.32. The number of dihydropyridines is 1. The molecular formula is C25H31N3O4. The Morgan fingerprint density at radius 1 is 1.16 bits per heavy atom. The van der Waals surface area contributed by atoms with Crippen LogP contribution in [0.15, 0.2) is 40.7 Å². The van der Waals surface area contributed by atoms with Gasteiger partial charge in [0.25, 0.3) is 11.6 Å². The minimum Gasteiger partial charge on any atom is -0.362 e. The van der Waals surface area contributed by atoms with Crippen LogP contribution in [0.2, 0.25) is 0 Å². The van der Waals surface area contributed by atoms with Crippen LogP contribution in [0.25, 0.3) is 0 Å². The monoisotopic (exact) mass is 437 g/mol. The van der Waals surface area contributed by atoms with Crippen molar-refractivity contribution in [3.05, 3.63) is 62.0 Å². The molecule has 1 N–H and O–H groups in total. The van der Waals surface area contributed by atoms with Crippen molar-refractivity contribution < 1.29 is 14.5 Å². The largest absolute Gasteiger partial charge is 0.362 e. The minimum atomic E-state index is -0.594. The molecule has 1 aromatic carbocycles. The Labute approximate surface area is 188 Å². The summed E-state index contributed by atoms with van der Waals surface area (Å²) in [6.45, 7) is 9.10. The molecule has 32 heavy (non-hydrogen) atoms. The SMILES string of the molecule is CC1=C(C(=O)N2CCCCC2)[C@@H](c2ccc(C)c([N+](=O)[O-])c2)C2=C(CC(C)(C)CC2=O)N1. The van der Waals surface area contributed by atoms with Crippen molar-refractivity contribution in [2.75, 3.05) is 13.1 Å². The molecule has 2 heterocycles. The Hall–Kier alpha value is -2.96. The van der Waals surface area contributed by atoms with E-state index in [0.29, 0.717) is 48.2 Å². The molecule has 1 atom stereocenters. The van der Waals surface area contributed by atoms with Gasteiger partial charge in [-0.1, -0.05) is 26.0 Å². The predicted molar refractivity (Wildman–Crippen MR) is 122 cm³/mol. The van der Waals surface area contributed by atoms with Gasteiger partial charge in [-0.3, -0.25) is 19.7 Å². The number of rotatable bonds is 3. The highest BCUT2D eigenvalue weighted by molar-refractivity contribution is 6.05. The topological polar surface area (TPSA) is 92.6 Å². The maximum absolute atomic E-state index is 13.7. The summed E-state index contributed by atoms with van der Waals surface area (Å²) in [5.41, 5.74) is 3.72. The van der Waals surface area contributed by atoms with E-state index in [1.165, 1.54) is 0 Å². The number of amides is 1. The number of benzene rings is 1. The fourth-order valence-electron chi connectivity index (χ4n) is 5.32. The zero-order chi connectivity index (χ0) is 23.2. The van der Waals surface area contributed by atoms with Gasteiger partial charge in [0.05, 0.1) is 4.92 Å². The molecule has 1 amide bonds. The third-order valence-corrected chi connectivity index (χ3v) is 6.88. The Balaban J connectivity index is 1.88.